The molecular formula is C13H20N4O2. The Labute approximate surface area is 112 Å². The van der Waals surface area contributed by atoms with Crippen molar-refractivity contribution in [1.29, 1.82) is 0 Å². The molecule has 104 valence electrons. The monoisotopic (exact) mass is 264 g/mol. The summed E-state index contributed by atoms with van der Waals surface area (Å²) in [7, 11) is 1.92. The minimum Gasteiger partial charge on any atom is -0.397 e. The Morgan fingerprint density at radius 3 is 3.00 bits per heavy atom. The first-order chi connectivity index (χ1) is 9.08. The highest BCUT2D eigenvalue weighted by Crippen LogP contribution is 2.19. The number of aromatic nitrogens is 1. The van der Waals surface area contributed by atoms with E-state index in [2.05, 4.69) is 4.98 Å². The summed E-state index contributed by atoms with van der Waals surface area (Å²) in [6, 6.07) is 1.63. The van der Waals surface area contributed by atoms with Crippen molar-refractivity contribution in [2.75, 3.05) is 30.8 Å². The fourth-order valence-corrected chi connectivity index (χ4v) is 2.23. The smallest absolute Gasteiger partial charge is 0.250 e. The highest BCUT2D eigenvalue weighted by atomic mass is 16.5. The lowest BCUT2D eigenvalue weighted by molar-refractivity contribution is 0.0215. The summed E-state index contributed by atoms with van der Waals surface area (Å²) in [5.74, 6) is 0.139. The number of anilines is 2. The zero-order chi connectivity index (χ0) is 13.8. The highest BCUT2D eigenvalue weighted by Gasteiger charge is 2.17. The van der Waals surface area contributed by atoms with E-state index in [0.717, 1.165) is 26.0 Å². The first kappa shape index (κ1) is 13.6. The minimum absolute atomic E-state index is 0.218. The van der Waals surface area contributed by atoms with Gasteiger partial charge in [0.05, 0.1) is 23.6 Å². The molecule has 6 nitrogen and oxygen atoms in total. The lowest BCUT2D eigenvalue weighted by atomic mass is 10.1. The highest BCUT2D eigenvalue weighted by molar-refractivity contribution is 5.98. The Morgan fingerprint density at radius 2 is 2.37 bits per heavy atom. The average Bonchev–Trinajstić information content (AvgIpc) is 2.40. The molecule has 1 aromatic rings. The summed E-state index contributed by atoms with van der Waals surface area (Å²) in [5, 5.41) is 0. The number of nitrogens with zero attached hydrogens (tertiary/aromatic N) is 2. The van der Waals surface area contributed by atoms with Gasteiger partial charge in [0.15, 0.2) is 0 Å². The fraction of sp³-hybridized carbons (Fsp3) is 0.538. The van der Waals surface area contributed by atoms with Gasteiger partial charge in [0, 0.05) is 20.2 Å². The Morgan fingerprint density at radius 1 is 1.58 bits per heavy atom. The van der Waals surface area contributed by atoms with Gasteiger partial charge in [-0.2, -0.15) is 0 Å². The van der Waals surface area contributed by atoms with Crippen molar-refractivity contribution in [3.05, 3.63) is 17.8 Å². The zero-order valence-corrected chi connectivity index (χ0v) is 11.1. The SMILES string of the molecule is CN(CC1CCCCO1)c1cc(C(N)=O)c(N)cn1. The maximum absolute atomic E-state index is 11.3. The third kappa shape index (κ3) is 3.35. The van der Waals surface area contributed by atoms with Gasteiger partial charge in [0.25, 0.3) is 5.91 Å². The van der Waals surface area contributed by atoms with Gasteiger partial charge in [-0.1, -0.05) is 0 Å². The van der Waals surface area contributed by atoms with Gasteiger partial charge in [-0.15, -0.1) is 0 Å². The van der Waals surface area contributed by atoms with E-state index in [9.17, 15) is 4.79 Å². The normalized spacial score (nSPS) is 19.1. The minimum atomic E-state index is -0.538. The number of amides is 1. The molecule has 1 aromatic heterocycles. The van der Waals surface area contributed by atoms with Gasteiger partial charge >= 0.3 is 0 Å². The summed E-state index contributed by atoms with van der Waals surface area (Å²) in [6.07, 6.45) is 5.07. The average molecular weight is 264 g/mol. The fourth-order valence-electron chi connectivity index (χ4n) is 2.23. The van der Waals surface area contributed by atoms with Gasteiger partial charge in [0.1, 0.15) is 5.82 Å². The van der Waals surface area contributed by atoms with Crippen LogP contribution in [-0.4, -0.2) is 37.2 Å². The molecule has 0 aromatic carbocycles. The van der Waals surface area contributed by atoms with Crippen molar-refractivity contribution in [3.63, 3.8) is 0 Å². The number of nitrogen functional groups attached to an aromatic ring is 1. The second-order valence-electron chi connectivity index (χ2n) is 4.86. The molecule has 0 saturated carbocycles. The number of carbonyl (C=O) groups is 1. The van der Waals surface area contributed by atoms with Crippen molar-refractivity contribution in [2.24, 2.45) is 5.73 Å². The molecule has 0 radical (unpaired) electrons. The predicted octanol–water partition coefficient (Wildman–Crippen LogP) is 0.768. The molecule has 1 aliphatic heterocycles. The maximum Gasteiger partial charge on any atom is 0.250 e. The molecular weight excluding hydrogens is 244 g/mol. The molecule has 1 aliphatic rings. The predicted molar refractivity (Wildman–Crippen MR) is 74.0 cm³/mol. The molecule has 6 heteroatoms. The molecule has 4 N–H and O–H groups in total. The Bertz CT molecular complexity index is 458. The number of carbonyl (C=O) groups excluding carboxylic acids is 1. The van der Waals surface area contributed by atoms with Crippen molar-refractivity contribution in [1.82, 2.24) is 4.98 Å². The summed E-state index contributed by atoms with van der Waals surface area (Å²) in [6.45, 7) is 1.56. The van der Waals surface area contributed by atoms with E-state index in [1.54, 1.807) is 6.07 Å². The zero-order valence-electron chi connectivity index (χ0n) is 11.1. The van der Waals surface area contributed by atoms with Crippen molar-refractivity contribution in [3.8, 4) is 0 Å². The molecule has 1 unspecified atom stereocenters. The van der Waals surface area contributed by atoms with Crippen molar-refractivity contribution < 1.29 is 9.53 Å². The standard InChI is InChI=1S/C13H20N4O2/c1-17(8-9-4-2-3-5-19-9)12-6-10(13(15)18)11(14)7-16-12/h6-7,9H,2-5,8,14H2,1H3,(H2,15,18). The van der Waals surface area contributed by atoms with Crippen LogP contribution in [-0.2, 0) is 4.74 Å². The number of rotatable bonds is 4. The third-order valence-electron chi connectivity index (χ3n) is 3.33. The van der Waals surface area contributed by atoms with Crippen LogP contribution in [0.5, 0.6) is 0 Å². The summed E-state index contributed by atoms with van der Waals surface area (Å²) in [4.78, 5) is 17.4. The first-order valence-corrected chi connectivity index (χ1v) is 6.46. The van der Waals surface area contributed by atoms with Crippen LogP contribution >= 0.6 is 0 Å². The van der Waals surface area contributed by atoms with E-state index in [4.69, 9.17) is 16.2 Å². The molecule has 1 atom stereocenters. The first-order valence-electron chi connectivity index (χ1n) is 6.46. The maximum atomic E-state index is 11.3. The topological polar surface area (TPSA) is 94.5 Å². The van der Waals surface area contributed by atoms with E-state index in [1.807, 2.05) is 11.9 Å². The molecule has 2 heterocycles. The van der Waals surface area contributed by atoms with Crippen molar-refractivity contribution in [2.45, 2.75) is 25.4 Å². The van der Waals surface area contributed by atoms with E-state index < -0.39 is 5.91 Å². The Hall–Kier alpha value is -1.82. The van der Waals surface area contributed by atoms with E-state index in [-0.39, 0.29) is 6.10 Å². The number of nitrogens with two attached hydrogens (primary N) is 2. The van der Waals surface area contributed by atoms with Gasteiger partial charge < -0.3 is 21.1 Å². The van der Waals surface area contributed by atoms with Crippen LogP contribution in [0.4, 0.5) is 11.5 Å². The Kier molecular flexibility index (Phi) is 4.21. The van der Waals surface area contributed by atoms with Crippen LogP contribution in [0.15, 0.2) is 12.3 Å². The number of likely N-dealkylation sites (N-methyl/N-ethyl adjacent to an activating group) is 1. The third-order valence-corrected chi connectivity index (χ3v) is 3.33. The lowest BCUT2D eigenvalue weighted by Crippen LogP contribution is -2.34. The van der Waals surface area contributed by atoms with Gasteiger partial charge in [-0.05, 0) is 25.3 Å². The van der Waals surface area contributed by atoms with Crippen LogP contribution in [0.1, 0.15) is 29.6 Å². The molecule has 0 aliphatic carbocycles. The number of ether oxygens (including phenoxy) is 1. The summed E-state index contributed by atoms with van der Waals surface area (Å²) >= 11 is 0. The van der Waals surface area contributed by atoms with Gasteiger partial charge in [-0.25, -0.2) is 4.98 Å². The van der Waals surface area contributed by atoms with E-state index >= 15 is 0 Å². The lowest BCUT2D eigenvalue weighted by Gasteiger charge is -2.28. The van der Waals surface area contributed by atoms with Crippen LogP contribution in [0.2, 0.25) is 0 Å². The summed E-state index contributed by atoms with van der Waals surface area (Å²) in [5.41, 5.74) is 11.6. The van der Waals surface area contributed by atoms with Crippen molar-refractivity contribution >= 4 is 17.4 Å². The van der Waals surface area contributed by atoms with Crippen LogP contribution in [0.3, 0.4) is 0 Å². The number of hydrogen-bond donors (Lipinski definition) is 2. The second-order valence-corrected chi connectivity index (χ2v) is 4.86. The van der Waals surface area contributed by atoms with Crippen LogP contribution < -0.4 is 16.4 Å². The summed E-state index contributed by atoms with van der Waals surface area (Å²) < 4.78 is 5.69. The molecule has 1 amide bonds. The van der Waals surface area contributed by atoms with Crippen LogP contribution in [0.25, 0.3) is 0 Å². The quantitative estimate of drug-likeness (QED) is 0.837. The molecule has 0 bridgehead atoms. The van der Waals surface area contributed by atoms with Gasteiger partial charge in [0.2, 0.25) is 0 Å². The van der Waals surface area contributed by atoms with Gasteiger partial charge in [-0.3, -0.25) is 4.79 Å². The molecule has 0 spiro atoms. The molecule has 2 rings (SSSR count). The number of primary amides is 1. The Balaban J connectivity index is 2.07. The molecule has 1 saturated heterocycles. The molecule has 1 fully saturated rings. The van der Waals surface area contributed by atoms with E-state index in [1.165, 1.54) is 12.6 Å². The van der Waals surface area contributed by atoms with Crippen LogP contribution in [0, 0.1) is 0 Å². The number of pyridine rings is 1. The largest absolute Gasteiger partial charge is 0.397 e. The molecule has 19 heavy (non-hydrogen) atoms. The second kappa shape index (κ2) is 5.88. The van der Waals surface area contributed by atoms with E-state index in [0.29, 0.717) is 17.1 Å². The number of hydrogen-bond acceptors (Lipinski definition) is 5.